The molecular formula is C30H53N3O7. The molecule has 1 aromatic carbocycles. The number of carbonyl (C=O) groups is 2. The van der Waals surface area contributed by atoms with Crippen LogP contribution in [0.5, 0.6) is 11.5 Å². The summed E-state index contributed by atoms with van der Waals surface area (Å²) in [5, 5.41) is 24.8. The van der Waals surface area contributed by atoms with Gasteiger partial charge in [0, 0.05) is 46.9 Å². The highest BCUT2D eigenvalue weighted by molar-refractivity contribution is 5.83. The SMILES string of the molecule is [2H]C([2H])([2H])C(CNC(=O)[C@@H](C[C@H](O)[C@@H](N)C[C@@H](C(C)C)C(O)c1ccc(OC)c(OCCCOC)c1)C(C)C)(C(N)=O)C([2H])([2H])[2H]. The molecule has 0 saturated carbocycles. The lowest BCUT2D eigenvalue weighted by molar-refractivity contribution is -0.130. The highest BCUT2D eigenvalue weighted by Gasteiger charge is 2.33. The van der Waals surface area contributed by atoms with Gasteiger partial charge >= 0.3 is 0 Å². The van der Waals surface area contributed by atoms with E-state index in [1.54, 1.807) is 39.2 Å². The van der Waals surface area contributed by atoms with Crippen molar-refractivity contribution in [3.8, 4) is 11.5 Å². The van der Waals surface area contributed by atoms with Gasteiger partial charge in [-0.3, -0.25) is 9.59 Å². The van der Waals surface area contributed by atoms with E-state index in [2.05, 4.69) is 5.32 Å². The van der Waals surface area contributed by atoms with Gasteiger partial charge in [0.1, 0.15) is 0 Å². The summed E-state index contributed by atoms with van der Waals surface area (Å²) in [7, 11) is 3.12. The van der Waals surface area contributed by atoms with Gasteiger partial charge < -0.3 is 41.2 Å². The van der Waals surface area contributed by atoms with Gasteiger partial charge in [0.25, 0.3) is 0 Å². The average molecular weight is 574 g/mol. The van der Waals surface area contributed by atoms with Crippen molar-refractivity contribution in [3.05, 3.63) is 23.8 Å². The normalized spacial score (nSPS) is 18.7. The minimum Gasteiger partial charge on any atom is -0.493 e. The maximum atomic E-state index is 13.2. The van der Waals surface area contributed by atoms with Crippen LogP contribution in [0.3, 0.4) is 0 Å². The lowest BCUT2D eigenvalue weighted by Gasteiger charge is -2.32. The Hall–Kier alpha value is -2.40. The molecule has 0 aliphatic carbocycles. The molecule has 2 amide bonds. The van der Waals surface area contributed by atoms with Crippen LogP contribution in [0.4, 0.5) is 0 Å². The van der Waals surface area contributed by atoms with Gasteiger partial charge in [-0.1, -0.05) is 33.8 Å². The molecule has 7 N–H and O–H groups in total. The van der Waals surface area contributed by atoms with Crippen molar-refractivity contribution in [3.63, 3.8) is 0 Å². The van der Waals surface area contributed by atoms with E-state index >= 15 is 0 Å². The molecule has 0 spiro atoms. The number of nitrogens with one attached hydrogen (secondary N) is 1. The van der Waals surface area contributed by atoms with Crippen molar-refractivity contribution in [1.82, 2.24) is 5.32 Å². The van der Waals surface area contributed by atoms with Gasteiger partial charge in [-0.25, -0.2) is 0 Å². The Kier molecular flexibility index (Phi) is 11.1. The third-order valence-electron chi connectivity index (χ3n) is 7.17. The summed E-state index contributed by atoms with van der Waals surface area (Å²) in [6.07, 6.45) is -1.48. The second kappa shape index (κ2) is 16.8. The number of nitrogens with two attached hydrogens (primary N) is 2. The Balaban J connectivity index is 3.12. The van der Waals surface area contributed by atoms with Crippen molar-refractivity contribution in [2.75, 3.05) is 34.0 Å². The maximum Gasteiger partial charge on any atom is 0.224 e. The number of benzene rings is 1. The zero-order valence-electron chi connectivity index (χ0n) is 30.6. The number of hydrogen-bond acceptors (Lipinski definition) is 8. The summed E-state index contributed by atoms with van der Waals surface area (Å²) >= 11 is 0. The number of carbonyl (C=O) groups excluding carboxylic acids is 2. The monoisotopic (exact) mass is 573 g/mol. The highest BCUT2D eigenvalue weighted by Crippen LogP contribution is 2.37. The molecule has 0 radical (unpaired) electrons. The lowest BCUT2D eigenvalue weighted by Crippen LogP contribution is -2.46. The van der Waals surface area contributed by atoms with Crippen LogP contribution in [0.1, 0.15) is 80.6 Å². The molecule has 5 atom stereocenters. The van der Waals surface area contributed by atoms with E-state index in [9.17, 15) is 19.8 Å². The molecule has 0 saturated heterocycles. The van der Waals surface area contributed by atoms with Crippen molar-refractivity contribution < 1.29 is 42.2 Å². The quantitative estimate of drug-likeness (QED) is 0.158. The lowest BCUT2D eigenvalue weighted by atomic mass is 9.79. The fraction of sp³-hybridized carbons (Fsp3) is 0.733. The minimum absolute atomic E-state index is 0.0627. The van der Waals surface area contributed by atoms with E-state index in [-0.39, 0.29) is 24.7 Å². The fourth-order valence-corrected chi connectivity index (χ4v) is 4.41. The number of amides is 2. The molecule has 40 heavy (non-hydrogen) atoms. The molecule has 10 heteroatoms. The van der Waals surface area contributed by atoms with Crippen molar-refractivity contribution >= 4 is 11.8 Å². The van der Waals surface area contributed by atoms with E-state index in [0.717, 1.165) is 0 Å². The Morgan fingerprint density at radius 3 is 2.25 bits per heavy atom. The van der Waals surface area contributed by atoms with Gasteiger partial charge in [0.05, 0.1) is 31.3 Å². The van der Waals surface area contributed by atoms with Crippen LogP contribution in [-0.2, 0) is 14.3 Å². The fourth-order valence-electron chi connectivity index (χ4n) is 4.41. The first-order valence-corrected chi connectivity index (χ1v) is 13.6. The van der Waals surface area contributed by atoms with Crippen LogP contribution in [0.2, 0.25) is 0 Å². The maximum absolute atomic E-state index is 13.2. The largest absolute Gasteiger partial charge is 0.493 e. The van der Waals surface area contributed by atoms with Gasteiger partial charge in [-0.2, -0.15) is 0 Å². The zero-order chi connectivity index (χ0) is 35.6. The smallest absolute Gasteiger partial charge is 0.224 e. The number of hydrogen-bond donors (Lipinski definition) is 5. The summed E-state index contributed by atoms with van der Waals surface area (Å²) in [5.74, 6) is -3.13. The third kappa shape index (κ3) is 10.9. The van der Waals surface area contributed by atoms with Crippen LogP contribution in [0.15, 0.2) is 18.2 Å². The zero-order valence-corrected chi connectivity index (χ0v) is 24.6. The second-order valence-corrected chi connectivity index (χ2v) is 11.0. The number of methoxy groups -OCH3 is 2. The summed E-state index contributed by atoms with van der Waals surface area (Å²) < 4.78 is 62.7. The molecule has 0 fully saturated rings. The Bertz CT molecular complexity index is 1100. The van der Waals surface area contributed by atoms with Crippen LogP contribution in [0, 0.1) is 29.1 Å². The first-order valence-electron chi connectivity index (χ1n) is 16.6. The third-order valence-corrected chi connectivity index (χ3v) is 7.17. The molecule has 230 valence electrons. The molecule has 0 heterocycles. The predicted molar refractivity (Wildman–Crippen MR) is 156 cm³/mol. The first kappa shape index (κ1) is 26.5. The molecule has 1 rings (SSSR count). The van der Waals surface area contributed by atoms with Crippen LogP contribution in [-0.4, -0.2) is 68.2 Å². The second-order valence-electron chi connectivity index (χ2n) is 11.0. The highest BCUT2D eigenvalue weighted by atomic mass is 16.5. The Morgan fingerprint density at radius 2 is 1.73 bits per heavy atom. The molecule has 0 aliphatic heterocycles. The van der Waals surface area contributed by atoms with Crippen LogP contribution in [0.25, 0.3) is 0 Å². The van der Waals surface area contributed by atoms with E-state index < -0.39 is 67.6 Å². The topological polar surface area (TPSA) is 166 Å². The van der Waals surface area contributed by atoms with Crippen molar-refractivity contribution in [2.24, 2.45) is 40.6 Å². The van der Waals surface area contributed by atoms with Gasteiger partial charge in [0.15, 0.2) is 11.5 Å². The Morgan fingerprint density at radius 1 is 1.05 bits per heavy atom. The van der Waals surface area contributed by atoms with Gasteiger partial charge in [-0.05, 0) is 62.0 Å². The molecular weight excluding hydrogens is 514 g/mol. The number of aliphatic hydroxyl groups is 2. The van der Waals surface area contributed by atoms with E-state index in [4.69, 9.17) is 33.9 Å². The predicted octanol–water partition coefficient (Wildman–Crippen LogP) is 2.78. The number of primary amides is 1. The first-order chi connectivity index (χ1) is 21.2. The number of aliphatic hydroxyl groups excluding tert-OH is 2. The van der Waals surface area contributed by atoms with Gasteiger partial charge in [0.2, 0.25) is 11.8 Å². The Labute approximate surface area is 248 Å². The molecule has 0 aromatic heterocycles. The number of rotatable bonds is 19. The van der Waals surface area contributed by atoms with E-state index in [1.165, 1.54) is 7.11 Å². The van der Waals surface area contributed by atoms with Crippen molar-refractivity contribution in [2.45, 2.75) is 78.9 Å². The molecule has 10 nitrogen and oxygen atoms in total. The molecule has 0 aliphatic rings. The van der Waals surface area contributed by atoms with Crippen molar-refractivity contribution in [1.29, 1.82) is 0 Å². The van der Waals surface area contributed by atoms with Gasteiger partial charge in [-0.15, -0.1) is 0 Å². The molecule has 1 aromatic rings. The van der Waals surface area contributed by atoms with E-state index in [0.29, 0.717) is 36.7 Å². The van der Waals surface area contributed by atoms with E-state index in [1.807, 2.05) is 13.8 Å². The summed E-state index contributed by atoms with van der Waals surface area (Å²) in [6, 6.07) is 4.27. The molecule has 0 bridgehead atoms. The summed E-state index contributed by atoms with van der Waals surface area (Å²) in [6.45, 7) is 0.454. The molecule has 1 unspecified atom stereocenters. The standard InChI is InChI=1S/C30H53N3O7/c1-18(2)21(27(35)20-10-11-25(39-8)26(14-20)40-13-9-12-38-7)15-23(31)24(34)16-22(19(3)4)28(36)33-17-30(5,6)29(32)37/h10-11,14,18-19,21-24,27,34-35H,9,12-13,15-17,31H2,1-8H3,(H2,32,37)(H,33,36)/t21-,22-,23-,24-,27?/m0/s1/i5D3,6D3. The summed E-state index contributed by atoms with van der Waals surface area (Å²) in [4.78, 5) is 25.4. The minimum atomic E-state index is -3.33. The number of ether oxygens (including phenoxy) is 3. The average Bonchev–Trinajstić information content (AvgIpc) is 2.94. The van der Waals surface area contributed by atoms with Crippen LogP contribution < -0.4 is 26.3 Å². The summed E-state index contributed by atoms with van der Waals surface area (Å²) in [5.41, 5.74) is 9.26. The van der Waals surface area contributed by atoms with Crippen LogP contribution >= 0.6 is 0 Å².